The maximum Gasteiger partial charge on any atom is 0.490 e. The van der Waals surface area contributed by atoms with Crippen LogP contribution < -0.4 is 0 Å². The number of halogens is 3. The topological polar surface area (TPSA) is 70.1 Å². The summed E-state index contributed by atoms with van der Waals surface area (Å²) >= 11 is 0. The highest BCUT2D eigenvalue weighted by molar-refractivity contribution is 5.80. The number of ether oxygens (including phenoxy) is 1. The molecule has 0 aliphatic carbocycles. The summed E-state index contributed by atoms with van der Waals surface area (Å²) in [4.78, 5) is 25.7. The van der Waals surface area contributed by atoms with Crippen LogP contribution in [0.5, 0.6) is 0 Å². The fraction of sp³-hybridized carbons (Fsp3) is 0.600. The van der Waals surface area contributed by atoms with E-state index in [0.717, 1.165) is 32.8 Å². The van der Waals surface area contributed by atoms with Gasteiger partial charge >= 0.3 is 12.1 Å². The molecule has 2 aliphatic rings. The van der Waals surface area contributed by atoms with E-state index in [9.17, 15) is 18.0 Å². The van der Waals surface area contributed by atoms with Gasteiger partial charge in [-0.25, -0.2) is 4.79 Å². The van der Waals surface area contributed by atoms with Gasteiger partial charge in [0, 0.05) is 44.1 Å². The second kappa shape index (κ2) is 9.58. The summed E-state index contributed by atoms with van der Waals surface area (Å²) in [5.74, 6) is -2.48. The lowest BCUT2D eigenvalue weighted by Gasteiger charge is -2.32. The summed E-state index contributed by atoms with van der Waals surface area (Å²) < 4.78 is 37.6. The molecule has 1 atom stereocenters. The van der Waals surface area contributed by atoms with Crippen LogP contribution in [0.2, 0.25) is 0 Å². The maximum absolute atomic E-state index is 12.3. The smallest absolute Gasteiger partial charge is 0.475 e. The first-order valence-electron chi connectivity index (χ1n) is 9.46. The summed E-state index contributed by atoms with van der Waals surface area (Å²) in [5.41, 5.74) is 1.29. The molecular weight excluding hydrogens is 389 g/mol. The molecule has 0 saturated carbocycles. The van der Waals surface area contributed by atoms with Gasteiger partial charge in [-0.15, -0.1) is 0 Å². The van der Waals surface area contributed by atoms with Gasteiger partial charge in [-0.1, -0.05) is 30.3 Å². The molecule has 1 aromatic carbocycles. The number of carbonyl (C=O) groups excluding carboxylic acids is 1. The number of carboxylic acids is 1. The molecule has 9 heteroatoms. The van der Waals surface area contributed by atoms with Gasteiger partial charge in [0.1, 0.15) is 0 Å². The summed E-state index contributed by atoms with van der Waals surface area (Å²) in [6.07, 6.45) is -4.46. The number of hydrogen-bond acceptors (Lipinski definition) is 4. The Morgan fingerprint density at radius 2 is 1.86 bits per heavy atom. The molecule has 29 heavy (non-hydrogen) atoms. The first-order chi connectivity index (χ1) is 13.5. The summed E-state index contributed by atoms with van der Waals surface area (Å²) in [7, 11) is 0. The monoisotopic (exact) mass is 416 g/mol. The Balaban J connectivity index is 0.000000370. The van der Waals surface area contributed by atoms with E-state index < -0.39 is 12.1 Å². The Labute approximate surface area is 168 Å². The van der Waals surface area contributed by atoms with E-state index in [2.05, 4.69) is 43.0 Å². The van der Waals surface area contributed by atoms with Crippen LogP contribution in [0.25, 0.3) is 0 Å². The van der Waals surface area contributed by atoms with Gasteiger partial charge < -0.3 is 14.7 Å². The average molecular weight is 416 g/mol. The van der Waals surface area contributed by atoms with Crippen molar-refractivity contribution in [3.8, 4) is 0 Å². The van der Waals surface area contributed by atoms with Crippen molar-refractivity contribution in [3.05, 3.63) is 35.9 Å². The zero-order chi connectivity index (χ0) is 21.7. The highest BCUT2D eigenvalue weighted by Crippen LogP contribution is 2.35. The Kier molecular flexibility index (Phi) is 7.65. The molecule has 0 radical (unpaired) electrons. The van der Waals surface area contributed by atoms with Crippen LogP contribution >= 0.6 is 0 Å². The van der Waals surface area contributed by atoms with Gasteiger partial charge in [-0.3, -0.25) is 9.69 Å². The van der Waals surface area contributed by atoms with Crippen molar-refractivity contribution in [2.75, 3.05) is 32.8 Å². The lowest BCUT2D eigenvalue weighted by Crippen LogP contribution is -2.41. The summed E-state index contributed by atoms with van der Waals surface area (Å²) in [6.45, 7) is 9.28. The van der Waals surface area contributed by atoms with Crippen molar-refractivity contribution in [2.45, 2.75) is 39.0 Å². The zero-order valence-electron chi connectivity index (χ0n) is 16.6. The number of carbonyl (C=O) groups is 2. The minimum absolute atomic E-state index is 0.0351. The van der Waals surface area contributed by atoms with Crippen LogP contribution in [0.3, 0.4) is 0 Å². The van der Waals surface area contributed by atoms with Crippen LogP contribution in [0.4, 0.5) is 13.2 Å². The predicted molar refractivity (Wildman–Crippen MR) is 100 cm³/mol. The van der Waals surface area contributed by atoms with Crippen LogP contribution in [-0.4, -0.2) is 71.8 Å². The molecule has 0 bridgehead atoms. The number of hydrogen-bond donors (Lipinski definition) is 1. The number of likely N-dealkylation sites (tertiary alicyclic amines) is 1. The fourth-order valence-electron chi connectivity index (χ4n) is 3.66. The molecule has 0 aromatic heterocycles. The first-order valence-corrected chi connectivity index (χ1v) is 9.46. The van der Waals surface area contributed by atoms with Gasteiger partial charge in [-0.05, 0) is 19.4 Å². The quantitative estimate of drug-likeness (QED) is 0.821. The number of alkyl halides is 3. The van der Waals surface area contributed by atoms with Gasteiger partial charge in [-0.2, -0.15) is 13.2 Å². The molecular formula is C20H27F3N2O4. The van der Waals surface area contributed by atoms with E-state index in [1.807, 2.05) is 11.0 Å². The van der Waals surface area contributed by atoms with Crippen molar-refractivity contribution in [1.82, 2.24) is 9.80 Å². The highest BCUT2D eigenvalue weighted by Gasteiger charge is 2.46. The lowest BCUT2D eigenvalue weighted by molar-refractivity contribution is -0.192. The van der Waals surface area contributed by atoms with Crippen molar-refractivity contribution in [1.29, 1.82) is 0 Å². The molecule has 2 aliphatic heterocycles. The molecule has 1 spiro atoms. The van der Waals surface area contributed by atoms with E-state index in [0.29, 0.717) is 13.0 Å². The standard InChI is InChI=1S/C18H26N2O2.C2HF3O2/c1-15(2)20-13-18(10-17(20)21)12-19(8-9-22-14-18)11-16-6-4-3-5-7-16;3-2(4,5)1(6)7/h3-7,15H,8-14H2,1-2H3;(H,6,7). The fourth-order valence-corrected chi connectivity index (χ4v) is 3.66. The Hall–Kier alpha value is -2.13. The molecule has 1 unspecified atom stereocenters. The molecule has 1 aromatic rings. The van der Waals surface area contributed by atoms with Gasteiger partial charge in [0.15, 0.2) is 0 Å². The third kappa shape index (κ3) is 6.71. The molecule has 2 heterocycles. The van der Waals surface area contributed by atoms with Gasteiger partial charge in [0.05, 0.1) is 13.2 Å². The molecule has 1 amide bonds. The van der Waals surface area contributed by atoms with Crippen LogP contribution in [0.1, 0.15) is 25.8 Å². The molecule has 2 fully saturated rings. The van der Waals surface area contributed by atoms with Crippen LogP contribution in [0.15, 0.2) is 30.3 Å². The summed E-state index contributed by atoms with van der Waals surface area (Å²) in [6, 6.07) is 10.8. The Morgan fingerprint density at radius 3 is 2.38 bits per heavy atom. The van der Waals surface area contributed by atoms with Crippen molar-refractivity contribution < 1.29 is 32.6 Å². The van der Waals surface area contributed by atoms with Crippen LogP contribution in [-0.2, 0) is 20.9 Å². The average Bonchev–Trinajstić information content (AvgIpc) is 2.83. The minimum Gasteiger partial charge on any atom is -0.475 e. The van der Waals surface area contributed by atoms with E-state index in [1.165, 1.54) is 5.56 Å². The number of benzene rings is 1. The first kappa shape index (κ1) is 23.2. The zero-order valence-corrected chi connectivity index (χ0v) is 16.6. The number of aliphatic carboxylic acids is 1. The van der Waals surface area contributed by atoms with E-state index in [-0.39, 0.29) is 17.4 Å². The minimum atomic E-state index is -5.08. The van der Waals surface area contributed by atoms with Crippen molar-refractivity contribution in [2.24, 2.45) is 5.41 Å². The number of nitrogens with zero attached hydrogens (tertiary/aromatic N) is 2. The second-order valence-corrected chi connectivity index (χ2v) is 7.84. The Morgan fingerprint density at radius 1 is 1.24 bits per heavy atom. The number of carboxylic acid groups (broad SMARTS) is 1. The number of rotatable bonds is 3. The van der Waals surface area contributed by atoms with E-state index in [4.69, 9.17) is 14.6 Å². The van der Waals surface area contributed by atoms with Gasteiger partial charge in [0.25, 0.3) is 0 Å². The maximum atomic E-state index is 12.3. The van der Waals surface area contributed by atoms with Crippen LogP contribution in [0, 0.1) is 5.41 Å². The van der Waals surface area contributed by atoms with Crippen molar-refractivity contribution in [3.63, 3.8) is 0 Å². The third-order valence-corrected chi connectivity index (χ3v) is 4.99. The van der Waals surface area contributed by atoms with Gasteiger partial charge in [0.2, 0.25) is 5.91 Å². The van der Waals surface area contributed by atoms with Crippen molar-refractivity contribution >= 4 is 11.9 Å². The molecule has 6 nitrogen and oxygen atoms in total. The number of amides is 1. The van der Waals surface area contributed by atoms with E-state index in [1.54, 1.807) is 0 Å². The predicted octanol–water partition coefficient (Wildman–Crippen LogP) is 2.78. The molecule has 1 N–H and O–H groups in total. The lowest BCUT2D eigenvalue weighted by atomic mass is 9.87. The Bertz CT molecular complexity index is 697. The molecule has 2 saturated heterocycles. The highest BCUT2D eigenvalue weighted by atomic mass is 19.4. The normalized spacial score (nSPS) is 23.1. The van der Waals surface area contributed by atoms with E-state index >= 15 is 0 Å². The largest absolute Gasteiger partial charge is 0.490 e. The summed E-state index contributed by atoms with van der Waals surface area (Å²) in [5, 5.41) is 7.12. The second-order valence-electron chi connectivity index (χ2n) is 7.84. The molecule has 162 valence electrons. The third-order valence-electron chi connectivity index (χ3n) is 4.99. The SMILES string of the molecule is CC(C)N1CC2(COCCN(Cc3ccccc3)C2)CC1=O.O=C(O)C(F)(F)F. The molecule has 3 rings (SSSR count).